The molecule has 0 saturated heterocycles. The second-order valence-corrected chi connectivity index (χ2v) is 6.36. The lowest BCUT2D eigenvalue weighted by Gasteiger charge is -2.11. The van der Waals surface area contributed by atoms with Crippen molar-refractivity contribution in [1.82, 2.24) is 4.98 Å². The molecule has 1 aromatic heterocycles. The van der Waals surface area contributed by atoms with Crippen molar-refractivity contribution in [3.05, 3.63) is 71.9 Å². The van der Waals surface area contributed by atoms with Gasteiger partial charge in [-0.2, -0.15) is 0 Å². The molecule has 1 amide bonds. The van der Waals surface area contributed by atoms with Crippen LogP contribution in [0.1, 0.15) is 22.8 Å². The van der Waals surface area contributed by atoms with Crippen LogP contribution in [0, 0.1) is 0 Å². The quantitative estimate of drug-likeness (QED) is 0.632. The number of pyridine rings is 1. The first-order valence-corrected chi connectivity index (χ1v) is 9.34. The van der Waals surface area contributed by atoms with Crippen molar-refractivity contribution in [2.24, 2.45) is 0 Å². The highest BCUT2D eigenvalue weighted by Gasteiger charge is 2.13. The molecule has 4 rings (SSSR count). The van der Waals surface area contributed by atoms with E-state index in [9.17, 15) is 4.79 Å². The lowest BCUT2D eigenvalue weighted by molar-refractivity contribution is 0.102. The molecule has 2 aromatic carbocycles. The number of fused-ring (bicyclic) bond motifs is 1. The smallest absolute Gasteiger partial charge is 0.257 e. The number of ether oxygens (including phenoxy) is 3. The van der Waals surface area contributed by atoms with E-state index < -0.39 is 0 Å². The first kappa shape index (κ1) is 18.6. The van der Waals surface area contributed by atoms with Crippen LogP contribution in [0.15, 0.2) is 60.8 Å². The van der Waals surface area contributed by atoms with E-state index in [1.807, 2.05) is 43.3 Å². The Hall–Kier alpha value is -3.74. The molecule has 1 aliphatic heterocycles. The summed E-state index contributed by atoms with van der Waals surface area (Å²) in [6.45, 7) is 3.26. The first-order chi connectivity index (χ1) is 14.2. The summed E-state index contributed by atoms with van der Waals surface area (Å²) in [6.07, 6.45) is 1.54. The molecule has 3 aromatic rings. The predicted molar refractivity (Wildman–Crippen MR) is 110 cm³/mol. The Balaban J connectivity index is 1.37. The van der Waals surface area contributed by atoms with E-state index in [2.05, 4.69) is 15.6 Å². The van der Waals surface area contributed by atoms with Gasteiger partial charge in [0.05, 0.1) is 17.9 Å². The van der Waals surface area contributed by atoms with Crippen molar-refractivity contribution in [2.75, 3.05) is 24.0 Å². The molecule has 0 unspecified atom stereocenters. The first-order valence-electron chi connectivity index (χ1n) is 9.34. The number of nitrogens with zero attached hydrogens (tertiary/aromatic N) is 1. The minimum Gasteiger partial charge on any atom is -0.492 e. The summed E-state index contributed by atoms with van der Waals surface area (Å²) in [5.41, 5.74) is 2.14. The molecule has 29 heavy (non-hydrogen) atoms. The molecule has 0 atom stereocenters. The van der Waals surface area contributed by atoms with Crippen LogP contribution in [0.2, 0.25) is 0 Å². The fourth-order valence-electron chi connectivity index (χ4n) is 2.92. The zero-order valence-electron chi connectivity index (χ0n) is 16.0. The third-order valence-electron chi connectivity index (χ3n) is 4.37. The molecule has 0 radical (unpaired) electrons. The van der Waals surface area contributed by atoms with E-state index in [1.165, 1.54) is 0 Å². The van der Waals surface area contributed by atoms with E-state index in [4.69, 9.17) is 14.2 Å². The van der Waals surface area contributed by atoms with Gasteiger partial charge in [0.25, 0.3) is 5.91 Å². The maximum absolute atomic E-state index is 12.5. The van der Waals surface area contributed by atoms with Gasteiger partial charge >= 0.3 is 0 Å². The van der Waals surface area contributed by atoms with Gasteiger partial charge in [-0.15, -0.1) is 0 Å². The molecular weight excluding hydrogens is 370 g/mol. The molecule has 148 valence electrons. The van der Waals surface area contributed by atoms with E-state index in [-0.39, 0.29) is 12.7 Å². The molecule has 0 saturated carbocycles. The summed E-state index contributed by atoms with van der Waals surface area (Å²) in [5.74, 6) is 2.57. The van der Waals surface area contributed by atoms with Gasteiger partial charge in [0, 0.05) is 12.7 Å². The Morgan fingerprint density at radius 3 is 2.79 bits per heavy atom. The topological polar surface area (TPSA) is 81.7 Å². The van der Waals surface area contributed by atoms with Crippen LogP contribution in [0.25, 0.3) is 0 Å². The normalized spacial score (nSPS) is 11.8. The van der Waals surface area contributed by atoms with Gasteiger partial charge in [-0.05, 0) is 48.9 Å². The number of carbonyl (C=O) groups is 1. The van der Waals surface area contributed by atoms with Crippen LogP contribution < -0.4 is 24.8 Å². The van der Waals surface area contributed by atoms with Gasteiger partial charge in [0.2, 0.25) is 6.79 Å². The molecule has 0 spiro atoms. The highest BCUT2D eigenvalue weighted by molar-refractivity contribution is 6.04. The van der Waals surface area contributed by atoms with Gasteiger partial charge in [-0.25, -0.2) is 4.98 Å². The summed E-state index contributed by atoms with van der Waals surface area (Å²) in [7, 11) is 0. The van der Waals surface area contributed by atoms with Crippen LogP contribution >= 0.6 is 0 Å². The number of carbonyl (C=O) groups excluding carboxylic acids is 1. The van der Waals surface area contributed by atoms with Gasteiger partial charge in [-0.3, -0.25) is 4.79 Å². The number of benzene rings is 2. The Bertz CT molecular complexity index is 1010. The van der Waals surface area contributed by atoms with Crippen molar-refractivity contribution >= 4 is 17.4 Å². The minimum absolute atomic E-state index is 0.244. The zero-order valence-corrected chi connectivity index (χ0v) is 16.0. The average Bonchev–Trinajstić information content (AvgIpc) is 3.22. The summed E-state index contributed by atoms with van der Waals surface area (Å²) < 4.78 is 16.2. The third-order valence-corrected chi connectivity index (χ3v) is 4.37. The number of hydrogen-bond acceptors (Lipinski definition) is 6. The highest BCUT2D eigenvalue weighted by atomic mass is 16.7. The van der Waals surface area contributed by atoms with Crippen molar-refractivity contribution in [2.45, 2.75) is 13.5 Å². The Labute approximate surface area is 168 Å². The van der Waals surface area contributed by atoms with Crippen molar-refractivity contribution in [3.63, 3.8) is 0 Å². The van der Waals surface area contributed by atoms with E-state index in [0.717, 1.165) is 17.1 Å². The molecule has 1 aliphatic rings. The van der Waals surface area contributed by atoms with Gasteiger partial charge < -0.3 is 24.8 Å². The van der Waals surface area contributed by atoms with Crippen LogP contribution in [0.5, 0.6) is 17.2 Å². The summed E-state index contributed by atoms with van der Waals surface area (Å²) in [4.78, 5) is 16.8. The van der Waals surface area contributed by atoms with Gasteiger partial charge in [0.1, 0.15) is 11.6 Å². The fourth-order valence-corrected chi connectivity index (χ4v) is 2.92. The second kappa shape index (κ2) is 8.52. The highest BCUT2D eigenvalue weighted by Crippen LogP contribution is 2.32. The van der Waals surface area contributed by atoms with Crippen LogP contribution in [-0.4, -0.2) is 24.3 Å². The molecule has 7 nitrogen and oxygen atoms in total. The number of aromatic nitrogens is 1. The van der Waals surface area contributed by atoms with Crippen LogP contribution in [-0.2, 0) is 6.54 Å². The van der Waals surface area contributed by atoms with E-state index in [0.29, 0.717) is 36.0 Å². The Morgan fingerprint density at radius 1 is 1.10 bits per heavy atom. The van der Waals surface area contributed by atoms with Crippen molar-refractivity contribution in [1.29, 1.82) is 0 Å². The molecule has 2 N–H and O–H groups in total. The fraction of sp³-hybridized carbons (Fsp3) is 0.182. The molecule has 7 heteroatoms. The standard InChI is InChI=1S/C22H21N3O4/c1-2-27-18-6-4-3-5-17(18)25-22(26)16-8-10-21(24-13-16)23-12-15-7-9-19-20(11-15)29-14-28-19/h3-11,13H,2,12,14H2,1H3,(H,23,24)(H,25,26). The number of anilines is 2. The Morgan fingerprint density at radius 2 is 1.97 bits per heavy atom. The third kappa shape index (κ3) is 4.40. The lowest BCUT2D eigenvalue weighted by atomic mass is 10.2. The summed E-state index contributed by atoms with van der Waals surface area (Å²) >= 11 is 0. The zero-order chi connectivity index (χ0) is 20.1. The number of amides is 1. The second-order valence-electron chi connectivity index (χ2n) is 6.36. The minimum atomic E-state index is -0.244. The van der Waals surface area contributed by atoms with Crippen molar-refractivity contribution < 1.29 is 19.0 Å². The monoisotopic (exact) mass is 391 g/mol. The predicted octanol–water partition coefficient (Wildman–Crippen LogP) is 4.07. The van der Waals surface area contributed by atoms with Gasteiger partial charge in [0.15, 0.2) is 11.5 Å². The number of para-hydroxylation sites is 2. The largest absolute Gasteiger partial charge is 0.492 e. The van der Waals surface area contributed by atoms with Gasteiger partial charge in [-0.1, -0.05) is 18.2 Å². The maximum atomic E-state index is 12.5. The van der Waals surface area contributed by atoms with E-state index >= 15 is 0 Å². The molecule has 2 heterocycles. The molecule has 0 aliphatic carbocycles. The SMILES string of the molecule is CCOc1ccccc1NC(=O)c1ccc(NCc2ccc3c(c2)OCO3)nc1. The van der Waals surface area contributed by atoms with Crippen LogP contribution in [0.4, 0.5) is 11.5 Å². The van der Waals surface area contributed by atoms with Crippen molar-refractivity contribution in [3.8, 4) is 17.2 Å². The average molecular weight is 391 g/mol. The number of rotatable bonds is 7. The lowest BCUT2D eigenvalue weighted by Crippen LogP contribution is -2.13. The van der Waals surface area contributed by atoms with Crippen LogP contribution in [0.3, 0.4) is 0 Å². The number of nitrogens with one attached hydrogen (secondary N) is 2. The summed E-state index contributed by atoms with van der Waals surface area (Å²) in [5, 5.41) is 6.10. The summed E-state index contributed by atoms with van der Waals surface area (Å²) in [6, 6.07) is 16.6. The number of hydrogen-bond donors (Lipinski definition) is 2. The molecular formula is C22H21N3O4. The molecule has 0 fully saturated rings. The Kier molecular flexibility index (Phi) is 5.47. The molecule has 0 bridgehead atoms. The van der Waals surface area contributed by atoms with E-state index in [1.54, 1.807) is 24.4 Å². The maximum Gasteiger partial charge on any atom is 0.257 e.